The summed E-state index contributed by atoms with van der Waals surface area (Å²) in [6, 6.07) is 11.8. The van der Waals surface area contributed by atoms with Crippen molar-refractivity contribution in [3.05, 3.63) is 42.0 Å². The van der Waals surface area contributed by atoms with Crippen molar-refractivity contribution in [3.8, 4) is 11.3 Å². The van der Waals surface area contributed by atoms with Gasteiger partial charge in [-0.1, -0.05) is 19.1 Å². The van der Waals surface area contributed by atoms with E-state index in [0.29, 0.717) is 82.7 Å². The number of rotatable bonds is 15. The van der Waals surface area contributed by atoms with Crippen molar-refractivity contribution < 1.29 is 28.5 Å². The number of fused-ring (bicyclic) bond motifs is 1. The predicted octanol–water partition coefficient (Wildman–Crippen LogP) is 4.83. The third-order valence-electron chi connectivity index (χ3n) is 9.50. The molecule has 3 aromatic rings. The summed E-state index contributed by atoms with van der Waals surface area (Å²) in [5, 5.41) is 3.87. The van der Waals surface area contributed by atoms with Crippen LogP contribution in [0.2, 0.25) is 0 Å². The number of amides is 1. The van der Waals surface area contributed by atoms with Crippen molar-refractivity contribution in [2.24, 2.45) is 0 Å². The Morgan fingerprint density at radius 2 is 1.71 bits per heavy atom. The molecule has 2 aliphatic heterocycles. The highest BCUT2D eigenvalue weighted by Crippen LogP contribution is 2.31. The SMILES string of the molecule is CCC(C)(CCOC(C)(C)CC=O)OCCNC(=O)c1cccc(-c2ccc3c(N4CCOC[C@H]4C)nc(N4CCOC[C@H]4C)nc3n2)c1. The number of benzene rings is 1. The molecule has 4 heterocycles. The van der Waals surface area contributed by atoms with E-state index >= 15 is 0 Å². The Labute approximate surface area is 289 Å². The van der Waals surface area contributed by atoms with E-state index in [9.17, 15) is 9.59 Å². The van der Waals surface area contributed by atoms with E-state index in [0.717, 1.165) is 41.7 Å². The van der Waals surface area contributed by atoms with Crippen molar-refractivity contribution in [3.63, 3.8) is 0 Å². The van der Waals surface area contributed by atoms with Crippen molar-refractivity contribution in [2.45, 2.75) is 84.1 Å². The van der Waals surface area contributed by atoms with Gasteiger partial charge in [0.15, 0.2) is 5.65 Å². The maximum atomic E-state index is 13.2. The number of hydrogen-bond donors (Lipinski definition) is 1. The number of carbonyl (C=O) groups excluding carboxylic acids is 2. The number of nitrogens with one attached hydrogen (secondary N) is 1. The van der Waals surface area contributed by atoms with Gasteiger partial charge >= 0.3 is 0 Å². The van der Waals surface area contributed by atoms with Gasteiger partial charge in [0.25, 0.3) is 5.91 Å². The van der Waals surface area contributed by atoms with Crippen molar-refractivity contribution in [1.29, 1.82) is 0 Å². The Hall–Kier alpha value is -3.71. The highest BCUT2D eigenvalue weighted by atomic mass is 16.5. The molecule has 0 saturated carbocycles. The molecule has 0 aliphatic carbocycles. The fourth-order valence-electron chi connectivity index (χ4n) is 6.09. The monoisotopic (exact) mass is 676 g/mol. The molecule has 0 radical (unpaired) electrons. The van der Waals surface area contributed by atoms with Crippen LogP contribution >= 0.6 is 0 Å². The summed E-state index contributed by atoms with van der Waals surface area (Å²) in [6.07, 6.45) is 2.71. The first-order valence-electron chi connectivity index (χ1n) is 17.5. The summed E-state index contributed by atoms with van der Waals surface area (Å²) < 4.78 is 23.5. The number of aromatic nitrogens is 3. The fourth-order valence-corrected chi connectivity index (χ4v) is 6.09. The van der Waals surface area contributed by atoms with E-state index in [1.165, 1.54) is 0 Å². The minimum absolute atomic E-state index is 0.140. The maximum Gasteiger partial charge on any atom is 0.251 e. The van der Waals surface area contributed by atoms with Gasteiger partial charge in [0.2, 0.25) is 5.95 Å². The lowest BCUT2D eigenvalue weighted by Crippen LogP contribution is -2.46. The molecular weight excluding hydrogens is 624 g/mol. The first kappa shape index (κ1) is 36.6. The van der Waals surface area contributed by atoms with Gasteiger partial charge < -0.3 is 38.9 Å². The van der Waals surface area contributed by atoms with E-state index in [1.807, 2.05) is 51.1 Å². The molecule has 1 amide bonds. The van der Waals surface area contributed by atoms with Gasteiger partial charge in [-0.05, 0) is 71.7 Å². The van der Waals surface area contributed by atoms with E-state index in [-0.39, 0.29) is 18.0 Å². The summed E-state index contributed by atoms with van der Waals surface area (Å²) in [5.74, 6) is 1.32. The molecule has 266 valence electrons. The van der Waals surface area contributed by atoms with Gasteiger partial charge in [0.05, 0.1) is 74.0 Å². The van der Waals surface area contributed by atoms with Crippen LogP contribution in [0.5, 0.6) is 0 Å². The van der Waals surface area contributed by atoms with Gasteiger partial charge in [0, 0.05) is 37.2 Å². The predicted molar refractivity (Wildman–Crippen MR) is 190 cm³/mol. The zero-order valence-corrected chi connectivity index (χ0v) is 29.9. The average molecular weight is 677 g/mol. The van der Waals surface area contributed by atoms with Gasteiger partial charge in [0.1, 0.15) is 12.1 Å². The van der Waals surface area contributed by atoms with Crippen LogP contribution in [0.4, 0.5) is 11.8 Å². The molecule has 12 heteroatoms. The molecule has 49 heavy (non-hydrogen) atoms. The summed E-state index contributed by atoms with van der Waals surface area (Å²) >= 11 is 0. The zero-order valence-electron chi connectivity index (χ0n) is 29.9. The van der Waals surface area contributed by atoms with Crippen LogP contribution in [0.3, 0.4) is 0 Å². The minimum Gasteiger partial charge on any atom is -0.377 e. The zero-order chi connectivity index (χ0) is 35.0. The Kier molecular flexibility index (Phi) is 12.2. The minimum atomic E-state index is -0.496. The summed E-state index contributed by atoms with van der Waals surface area (Å²) in [7, 11) is 0. The molecule has 5 rings (SSSR count). The number of pyridine rings is 1. The van der Waals surface area contributed by atoms with Gasteiger partial charge in [-0.3, -0.25) is 4.79 Å². The number of morpholine rings is 2. The molecule has 12 nitrogen and oxygen atoms in total. The molecule has 0 spiro atoms. The molecule has 2 aliphatic rings. The number of aldehydes is 1. The van der Waals surface area contributed by atoms with Crippen molar-refractivity contribution in [2.75, 3.05) is 69.1 Å². The summed E-state index contributed by atoms with van der Waals surface area (Å²) in [4.78, 5) is 43.6. The highest BCUT2D eigenvalue weighted by molar-refractivity contribution is 5.96. The van der Waals surface area contributed by atoms with Gasteiger partial charge in [-0.25, -0.2) is 4.98 Å². The maximum absolute atomic E-state index is 13.2. The third kappa shape index (κ3) is 9.30. The van der Waals surface area contributed by atoms with Crippen LogP contribution in [-0.4, -0.2) is 110 Å². The Bertz CT molecular complexity index is 1590. The van der Waals surface area contributed by atoms with Gasteiger partial charge in [-0.15, -0.1) is 0 Å². The fraction of sp³-hybridized carbons (Fsp3) is 0.595. The smallest absolute Gasteiger partial charge is 0.251 e. The second kappa shape index (κ2) is 16.3. The van der Waals surface area contributed by atoms with Crippen LogP contribution in [0.25, 0.3) is 22.3 Å². The largest absolute Gasteiger partial charge is 0.377 e. The standard InChI is InChI=1S/C37H52N6O6/c1-7-37(6,14-19-48-36(4,5)13-18-44)49-20-15-38-34(45)29-10-8-9-28(23-29)31-12-11-30-32(39-31)40-35(43-17-22-47-25-27(43)3)41-33(30)42-16-21-46-24-26(42)2/h8-12,18,23,26-27H,7,13-17,19-22,24-25H2,1-6H3,(H,38,45)/t26-,27-,37?/m1/s1. The second-order valence-corrected chi connectivity index (χ2v) is 13.9. The van der Waals surface area contributed by atoms with E-state index < -0.39 is 11.2 Å². The molecule has 2 fully saturated rings. The van der Waals surface area contributed by atoms with E-state index in [2.05, 4.69) is 35.9 Å². The molecular formula is C37H52N6O6. The van der Waals surface area contributed by atoms with E-state index in [1.54, 1.807) is 6.07 Å². The number of carbonyl (C=O) groups is 2. The molecule has 2 saturated heterocycles. The number of hydrogen-bond acceptors (Lipinski definition) is 11. The third-order valence-corrected chi connectivity index (χ3v) is 9.50. The Balaban J connectivity index is 1.28. The van der Waals surface area contributed by atoms with Crippen LogP contribution in [0.15, 0.2) is 36.4 Å². The van der Waals surface area contributed by atoms with Gasteiger partial charge in [-0.2, -0.15) is 9.97 Å². The normalized spacial score (nSPS) is 19.9. The molecule has 0 bridgehead atoms. The molecule has 1 unspecified atom stereocenters. The second-order valence-electron chi connectivity index (χ2n) is 13.9. The van der Waals surface area contributed by atoms with Crippen LogP contribution in [0.1, 0.15) is 71.2 Å². The molecule has 1 N–H and O–H groups in total. The Morgan fingerprint density at radius 1 is 0.980 bits per heavy atom. The molecule has 2 aromatic heterocycles. The first-order chi connectivity index (χ1) is 23.5. The number of nitrogens with zero attached hydrogens (tertiary/aromatic N) is 5. The molecule has 3 atom stereocenters. The lowest BCUT2D eigenvalue weighted by atomic mass is 9.99. The molecule has 1 aromatic carbocycles. The lowest BCUT2D eigenvalue weighted by Gasteiger charge is -2.37. The Morgan fingerprint density at radius 3 is 2.41 bits per heavy atom. The number of anilines is 2. The quantitative estimate of drug-likeness (QED) is 0.176. The lowest BCUT2D eigenvalue weighted by molar-refractivity contribution is -0.116. The van der Waals surface area contributed by atoms with Crippen LogP contribution in [-0.2, 0) is 23.7 Å². The van der Waals surface area contributed by atoms with Crippen molar-refractivity contribution in [1.82, 2.24) is 20.3 Å². The summed E-state index contributed by atoms with van der Waals surface area (Å²) in [6.45, 7) is 17.4. The van der Waals surface area contributed by atoms with Crippen LogP contribution < -0.4 is 15.1 Å². The van der Waals surface area contributed by atoms with Crippen LogP contribution in [0, 0.1) is 0 Å². The van der Waals surface area contributed by atoms with Crippen molar-refractivity contribution >= 4 is 35.0 Å². The average Bonchev–Trinajstić information content (AvgIpc) is 3.09. The van der Waals surface area contributed by atoms with E-state index in [4.69, 9.17) is 33.9 Å². The summed E-state index contributed by atoms with van der Waals surface area (Å²) in [5.41, 5.74) is 1.80. The number of ether oxygens (including phenoxy) is 4. The highest BCUT2D eigenvalue weighted by Gasteiger charge is 2.28. The topological polar surface area (TPSA) is 128 Å². The first-order valence-corrected chi connectivity index (χ1v) is 17.5.